The highest BCUT2D eigenvalue weighted by Gasteiger charge is 2.07. The normalized spacial score (nSPS) is 11.9. The second kappa shape index (κ2) is 4.43. The van der Waals surface area contributed by atoms with Gasteiger partial charge >= 0.3 is 0 Å². The fourth-order valence-electron chi connectivity index (χ4n) is 0.980. The molecular weight excluding hydrogens is 284 g/mol. The van der Waals surface area contributed by atoms with Crippen molar-refractivity contribution in [2.75, 3.05) is 0 Å². The van der Waals surface area contributed by atoms with Gasteiger partial charge in [-0.25, -0.2) is 4.39 Å². The van der Waals surface area contributed by atoms with E-state index in [4.69, 9.17) is 5.53 Å². The van der Waals surface area contributed by atoms with Gasteiger partial charge in [-0.1, -0.05) is 18.1 Å². The number of rotatable bonds is 2. The summed E-state index contributed by atoms with van der Waals surface area (Å²) in [7, 11) is 0. The molecule has 0 amide bonds. The molecule has 0 aromatic heterocycles. The highest BCUT2D eigenvalue weighted by Crippen LogP contribution is 2.23. The van der Waals surface area contributed by atoms with Gasteiger partial charge in [0, 0.05) is 8.48 Å². The van der Waals surface area contributed by atoms with Crippen LogP contribution in [0.3, 0.4) is 0 Å². The third-order valence-electron chi connectivity index (χ3n) is 1.64. The molecule has 0 saturated carbocycles. The summed E-state index contributed by atoms with van der Waals surface area (Å²) in [4.78, 5) is 2.70. The van der Waals surface area contributed by atoms with E-state index in [1.165, 1.54) is 12.1 Å². The van der Waals surface area contributed by atoms with Crippen LogP contribution < -0.4 is 0 Å². The summed E-state index contributed by atoms with van der Waals surface area (Å²) >= 11 is 2.02. The Kier molecular flexibility index (Phi) is 3.50. The van der Waals surface area contributed by atoms with Crippen molar-refractivity contribution in [2.45, 2.75) is 13.0 Å². The number of hydrogen-bond acceptors (Lipinski definition) is 1. The van der Waals surface area contributed by atoms with E-state index in [9.17, 15) is 4.39 Å². The van der Waals surface area contributed by atoms with Crippen molar-refractivity contribution in [3.63, 3.8) is 0 Å². The zero-order valence-electron chi connectivity index (χ0n) is 6.91. The Hall–Kier alpha value is -0.810. The smallest absolute Gasteiger partial charge is 0.124 e. The van der Waals surface area contributed by atoms with Gasteiger partial charge in [-0.05, 0) is 45.8 Å². The molecule has 0 saturated heterocycles. The van der Waals surface area contributed by atoms with Gasteiger partial charge < -0.3 is 0 Å². The Morgan fingerprint density at radius 1 is 1.62 bits per heavy atom. The van der Waals surface area contributed by atoms with E-state index in [1.807, 2.05) is 22.6 Å². The van der Waals surface area contributed by atoms with E-state index in [1.54, 1.807) is 13.0 Å². The zero-order chi connectivity index (χ0) is 9.84. The van der Waals surface area contributed by atoms with Gasteiger partial charge in [0.2, 0.25) is 0 Å². The molecule has 0 radical (unpaired) electrons. The molecule has 1 rings (SSSR count). The van der Waals surface area contributed by atoms with Crippen LogP contribution in [0.5, 0.6) is 0 Å². The summed E-state index contributed by atoms with van der Waals surface area (Å²) in [6, 6.07) is 4.16. The summed E-state index contributed by atoms with van der Waals surface area (Å²) in [5.74, 6) is -0.277. The Balaban J connectivity index is 3.08. The molecule has 0 N–H and O–H groups in total. The predicted octanol–water partition coefficient (Wildman–Crippen LogP) is 3.80. The van der Waals surface area contributed by atoms with Crippen molar-refractivity contribution in [1.29, 1.82) is 0 Å². The van der Waals surface area contributed by atoms with Crippen molar-refractivity contribution in [1.82, 2.24) is 0 Å². The predicted molar refractivity (Wildman–Crippen MR) is 56.7 cm³/mol. The van der Waals surface area contributed by atoms with Gasteiger partial charge in [0.05, 0.1) is 6.04 Å². The van der Waals surface area contributed by atoms with E-state index in [0.29, 0.717) is 0 Å². The molecule has 0 unspecified atom stereocenters. The van der Waals surface area contributed by atoms with E-state index >= 15 is 0 Å². The molecule has 1 aromatic carbocycles. The molecule has 0 bridgehead atoms. The largest absolute Gasteiger partial charge is 0.207 e. The summed E-state index contributed by atoms with van der Waals surface area (Å²) < 4.78 is 13.5. The lowest BCUT2D eigenvalue weighted by Gasteiger charge is -2.06. The molecular formula is C8H7FIN3. The Labute approximate surface area is 88.7 Å². The topological polar surface area (TPSA) is 48.8 Å². The molecule has 0 aliphatic rings. The van der Waals surface area contributed by atoms with Gasteiger partial charge in [0.25, 0.3) is 0 Å². The van der Waals surface area contributed by atoms with Crippen LogP contribution in [0, 0.1) is 9.39 Å². The molecule has 68 valence electrons. The van der Waals surface area contributed by atoms with Crippen LogP contribution in [0.25, 0.3) is 10.4 Å². The summed E-state index contributed by atoms with van der Waals surface area (Å²) in [5, 5.41) is 3.54. The molecule has 1 atom stereocenters. The second-order valence-corrected chi connectivity index (χ2v) is 3.71. The molecule has 0 fully saturated rings. The van der Waals surface area contributed by atoms with E-state index in [0.717, 1.165) is 9.13 Å². The van der Waals surface area contributed by atoms with E-state index < -0.39 is 0 Å². The molecule has 0 aliphatic heterocycles. The van der Waals surface area contributed by atoms with Crippen molar-refractivity contribution in [2.24, 2.45) is 5.11 Å². The Morgan fingerprint density at radius 2 is 2.31 bits per heavy atom. The minimum absolute atomic E-state index is 0.252. The van der Waals surface area contributed by atoms with Crippen molar-refractivity contribution in [3.8, 4) is 0 Å². The summed E-state index contributed by atoms with van der Waals surface area (Å²) in [6.07, 6.45) is 0. The van der Waals surface area contributed by atoms with Crippen molar-refractivity contribution in [3.05, 3.63) is 43.6 Å². The van der Waals surface area contributed by atoms with E-state index in [2.05, 4.69) is 10.0 Å². The summed E-state index contributed by atoms with van der Waals surface area (Å²) in [6.45, 7) is 1.77. The molecule has 13 heavy (non-hydrogen) atoms. The van der Waals surface area contributed by atoms with Crippen LogP contribution in [0.15, 0.2) is 23.3 Å². The fourth-order valence-corrected chi connectivity index (χ4v) is 1.91. The first kappa shape index (κ1) is 10.3. The lowest BCUT2D eigenvalue weighted by Crippen LogP contribution is -1.93. The van der Waals surface area contributed by atoms with Crippen LogP contribution in [-0.2, 0) is 0 Å². The van der Waals surface area contributed by atoms with Crippen LogP contribution in [-0.4, -0.2) is 0 Å². The first-order valence-electron chi connectivity index (χ1n) is 3.64. The van der Waals surface area contributed by atoms with Crippen molar-refractivity contribution >= 4 is 22.6 Å². The third kappa shape index (κ3) is 2.57. The highest BCUT2D eigenvalue weighted by molar-refractivity contribution is 14.1. The lowest BCUT2D eigenvalue weighted by atomic mass is 10.1. The highest BCUT2D eigenvalue weighted by atomic mass is 127. The van der Waals surface area contributed by atoms with Gasteiger partial charge in [-0.2, -0.15) is 0 Å². The Bertz CT molecular complexity index is 360. The maximum absolute atomic E-state index is 12.7. The average molecular weight is 291 g/mol. The molecule has 0 heterocycles. The zero-order valence-corrected chi connectivity index (χ0v) is 9.06. The second-order valence-electron chi connectivity index (χ2n) is 2.55. The lowest BCUT2D eigenvalue weighted by molar-refractivity contribution is 0.624. The van der Waals surface area contributed by atoms with Gasteiger partial charge in [-0.3, -0.25) is 0 Å². The fraction of sp³-hybridized carbons (Fsp3) is 0.250. The standard InChI is InChI=1S/C8H7FIN3/c1-5(12-13-11)7-3-2-6(9)4-8(7)10/h2-5H,1H3/t5-/m1/s1. The third-order valence-corrected chi connectivity index (χ3v) is 2.57. The monoisotopic (exact) mass is 291 g/mol. The SMILES string of the molecule is C[C@@H](N=[N+]=[N-])c1ccc(F)cc1I. The number of halogens is 2. The first-order chi connectivity index (χ1) is 6.15. The van der Waals surface area contributed by atoms with Crippen LogP contribution in [0.1, 0.15) is 18.5 Å². The van der Waals surface area contributed by atoms with Gasteiger partial charge in [0.1, 0.15) is 5.82 Å². The molecule has 5 heteroatoms. The number of hydrogen-bond donors (Lipinski definition) is 0. The first-order valence-corrected chi connectivity index (χ1v) is 4.72. The van der Waals surface area contributed by atoms with Gasteiger partial charge in [0.15, 0.2) is 0 Å². The Morgan fingerprint density at radius 3 is 2.85 bits per heavy atom. The number of benzene rings is 1. The molecule has 1 aromatic rings. The molecule has 3 nitrogen and oxygen atoms in total. The van der Waals surface area contributed by atoms with Crippen LogP contribution >= 0.6 is 22.6 Å². The van der Waals surface area contributed by atoms with Gasteiger partial charge in [-0.15, -0.1) is 0 Å². The summed E-state index contributed by atoms with van der Waals surface area (Å²) in [5.41, 5.74) is 9.07. The maximum atomic E-state index is 12.7. The minimum Gasteiger partial charge on any atom is -0.207 e. The quantitative estimate of drug-likeness (QED) is 0.344. The number of nitrogens with zero attached hydrogens (tertiary/aromatic N) is 3. The molecule has 0 spiro atoms. The average Bonchev–Trinajstić information content (AvgIpc) is 2.04. The maximum Gasteiger partial charge on any atom is 0.124 e. The number of azide groups is 1. The van der Waals surface area contributed by atoms with Crippen LogP contribution in [0.4, 0.5) is 4.39 Å². The molecule has 0 aliphatic carbocycles. The van der Waals surface area contributed by atoms with E-state index in [-0.39, 0.29) is 11.9 Å². The minimum atomic E-state index is -0.277. The van der Waals surface area contributed by atoms with Crippen molar-refractivity contribution < 1.29 is 4.39 Å². The van der Waals surface area contributed by atoms with Crippen LogP contribution in [0.2, 0.25) is 0 Å².